The highest BCUT2D eigenvalue weighted by atomic mass is 79.9. The van der Waals surface area contributed by atoms with Gasteiger partial charge in [-0.05, 0) is 69.2 Å². The highest BCUT2D eigenvalue weighted by molar-refractivity contribution is 9.10. The van der Waals surface area contributed by atoms with Gasteiger partial charge in [-0.15, -0.1) is 0 Å². The standard InChI is InChI=1S/C28H32BrN3O4S/c1-19-6-13-25(14-7-19)37(35,36)32(26-15-8-20(2)16-21(26)3)18-27(33)31(22(4)28(34)30-5)17-23-9-11-24(29)12-10-23/h6-16,22H,17-18H2,1-5H3,(H,30,34). The maximum absolute atomic E-state index is 13.9. The van der Waals surface area contributed by atoms with Crippen molar-refractivity contribution < 1.29 is 18.0 Å². The van der Waals surface area contributed by atoms with E-state index in [2.05, 4.69) is 21.2 Å². The number of carbonyl (C=O) groups excluding carboxylic acids is 2. The van der Waals surface area contributed by atoms with Crippen LogP contribution in [0.2, 0.25) is 0 Å². The molecule has 1 atom stereocenters. The molecule has 0 aliphatic heterocycles. The molecule has 3 rings (SSSR count). The van der Waals surface area contributed by atoms with Crippen molar-refractivity contribution in [2.24, 2.45) is 0 Å². The van der Waals surface area contributed by atoms with Crippen molar-refractivity contribution in [3.63, 3.8) is 0 Å². The van der Waals surface area contributed by atoms with Crippen molar-refractivity contribution in [1.29, 1.82) is 0 Å². The summed E-state index contributed by atoms with van der Waals surface area (Å²) in [5.41, 5.74) is 3.85. The van der Waals surface area contributed by atoms with Crippen LogP contribution in [0.1, 0.15) is 29.2 Å². The van der Waals surface area contributed by atoms with Gasteiger partial charge in [-0.25, -0.2) is 8.42 Å². The molecule has 0 saturated carbocycles. The Labute approximate surface area is 227 Å². The van der Waals surface area contributed by atoms with Gasteiger partial charge in [-0.3, -0.25) is 13.9 Å². The Morgan fingerprint density at radius 2 is 1.51 bits per heavy atom. The van der Waals surface area contributed by atoms with E-state index in [1.165, 1.54) is 11.9 Å². The van der Waals surface area contributed by atoms with Crippen molar-refractivity contribution in [1.82, 2.24) is 10.2 Å². The number of anilines is 1. The molecule has 196 valence electrons. The third-order valence-electron chi connectivity index (χ3n) is 6.19. The largest absolute Gasteiger partial charge is 0.357 e. The molecule has 1 N–H and O–H groups in total. The molecule has 37 heavy (non-hydrogen) atoms. The number of benzene rings is 3. The quantitative estimate of drug-likeness (QED) is 0.393. The van der Waals surface area contributed by atoms with Gasteiger partial charge in [0.1, 0.15) is 12.6 Å². The maximum Gasteiger partial charge on any atom is 0.264 e. The monoisotopic (exact) mass is 585 g/mol. The van der Waals surface area contributed by atoms with Gasteiger partial charge in [0, 0.05) is 18.1 Å². The lowest BCUT2D eigenvalue weighted by molar-refractivity contribution is -0.139. The first-order valence-corrected chi connectivity index (χ1v) is 14.1. The Morgan fingerprint density at radius 3 is 2.08 bits per heavy atom. The fourth-order valence-corrected chi connectivity index (χ4v) is 5.76. The first kappa shape index (κ1) is 28.4. The summed E-state index contributed by atoms with van der Waals surface area (Å²) in [5, 5.41) is 2.58. The minimum atomic E-state index is -4.09. The van der Waals surface area contributed by atoms with Crippen molar-refractivity contribution in [3.8, 4) is 0 Å². The number of sulfonamides is 1. The van der Waals surface area contributed by atoms with E-state index in [0.717, 1.165) is 31.0 Å². The Bertz CT molecular complexity index is 1370. The smallest absolute Gasteiger partial charge is 0.264 e. The van der Waals surface area contributed by atoms with Gasteiger partial charge in [-0.2, -0.15) is 0 Å². The molecular weight excluding hydrogens is 554 g/mol. The molecule has 0 fully saturated rings. The summed E-state index contributed by atoms with van der Waals surface area (Å²) in [7, 11) is -2.58. The molecule has 0 spiro atoms. The number of hydrogen-bond acceptors (Lipinski definition) is 4. The summed E-state index contributed by atoms with van der Waals surface area (Å²) in [5.74, 6) is -0.834. The number of nitrogens with one attached hydrogen (secondary N) is 1. The average Bonchev–Trinajstić information content (AvgIpc) is 2.86. The first-order valence-electron chi connectivity index (χ1n) is 11.9. The van der Waals surface area contributed by atoms with Crippen LogP contribution in [0, 0.1) is 20.8 Å². The van der Waals surface area contributed by atoms with Crippen LogP contribution in [0.5, 0.6) is 0 Å². The first-order chi connectivity index (χ1) is 17.4. The average molecular weight is 587 g/mol. The number of aryl methyl sites for hydroxylation is 3. The predicted molar refractivity (Wildman–Crippen MR) is 150 cm³/mol. The molecule has 7 nitrogen and oxygen atoms in total. The van der Waals surface area contributed by atoms with Crippen molar-refractivity contribution in [2.45, 2.75) is 45.2 Å². The zero-order valence-corrected chi connectivity index (χ0v) is 24.1. The predicted octanol–water partition coefficient (Wildman–Crippen LogP) is 4.73. The molecule has 0 aliphatic rings. The topological polar surface area (TPSA) is 86.8 Å². The molecule has 1 unspecified atom stereocenters. The Morgan fingerprint density at radius 1 is 0.919 bits per heavy atom. The number of carbonyl (C=O) groups is 2. The van der Waals surface area contributed by atoms with E-state index in [9.17, 15) is 18.0 Å². The van der Waals surface area contributed by atoms with E-state index >= 15 is 0 Å². The van der Waals surface area contributed by atoms with Crippen LogP contribution >= 0.6 is 15.9 Å². The molecule has 9 heteroatoms. The normalized spacial score (nSPS) is 12.1. The van der Waals surface area contributed by atoms with E-state index in [0.29, 0.717) is 5.69 Å². The maximum atomic E-state index is 13.9. The second-order valence-corrected chi connectivity index (χ2v) is 11.8. The van der Waals surface area contributed by atoms with Gasteiger partial charge in [0.2, 0.25) is 11.8 Å². The summed E-state index contributed by atoms with van der Waals surface area (Å²) in [6.45, 7) is 6.93. The van der Waals surface area contributed by atoms with Gasteiger partial charge in [0.05, 0.1) is 10.6 Å². The number of amides is 2. The van der Waals surface area contributed by atoms with Crippen LogP contribution in [-0.4, -0.2) is 44.8 Å². The lowest BCUT2D eigenvalue weighted by Crippen LogP contribution is -2.50. The molecular formula is C28H32BrN3O4S. The fraction of sp³-hybridized carbons (Fsp3) is 0.286. The summed E-state index contributed by atoms with van der Waals surface area (Å²) in [6.07, 6.45) is 0. The van der Waals surface area contributed by atoms with Crippen LogP contribution in [0.15, 0.2) is 76.1 Å². The summed E-state index contributed by atoms with van der Waals surface area (Å²) in [6, 6.07) is 18.5. The van der Waals surface area contributed by atoms with Crippen molar-refractivity contribution in [2.75, 3.05) is 17.9 Å². The highest BCUT2D eigenvalue weighted by Gasteiger charge is 2.32. The molecule has 0 radical (unpaired) electrons. The van der Waals surface area contributed by atoms with Gasteiger partial charge in [-0.1, -0.05) is 63.5 Å². The lowest BCUT2D eigenvalue weighted by Gasteiger charge is -2.32. The number of halogens is 1. The Balaban J connectivity index is 2.06. The fourth-order valence-electron chi connectivity index (χ4n) is 4.01. The SMILES string of the molecule is CNC(=O)C(C)N(Cc1ccc(Br)cc1)C(=O)CN(c1ccc(C)cc1C)S(=O)(=O)c1ccc(C)cc1. The van der Waals surface area contributed by atoms with Crippen LogP contribution < -0.4 is 9.62 Å². The van der Waals surface area contributed by atoms with Crippen LogP contribution in [0.25, 0.3) is 0 Å². The summed E-state index contributed by atoms with van der Waals surface area (Å²) >= 11 is 3.40. The summed E-state index contributed by atoms with van der Waals surface area (Å²) < 4.78 is 29.8. The van der Waals surface area contributed by atoms with Crippen LogP contribution in [0.4, 0.5) is 5.69 Å². The third kappa shape index (κ3) is 6.78. The van der Waals surface area contributed by atoms with Gasteiger partial charge in [0.25, 0.3) is 10.0 Å². The molecule has 3 aromatic rings. The molecule has 0 heterocycles. The molecule has 0 aromatic heterocycles. The molecule has 0 saturated heterocycles. The van der Waals surface area contributed by atoms with E-state index < -0.39 is 28.5 Å². The van der Waals surface area contributed by atoms with E-state index in [1.807, 2.05) is 57.2 Å². The van der Waals surface area contributed by atoms with Gasteiger partial charge < -0.3 is 10.2 Å². The molecule has 2 amide bonds. The Kier molecular flexibility index (Phi) is 9.15. The second kappa shape index (κ2) is 11.9. The third-order valence-corrected chi connectivity index (χ3v) is 8.49. The second-order valence-electron chi connectivity index (χ2n) is 9.05. The number of rotatable bonds is 9. The minimum absolute atomic E-state index is 0.0877. The van der Waals surface area contributed by atoms with E-state index in [4.69, 9.17) is 0 Å². The number of nitrogens with zero attached hydrogens (tertiary/aromatic N) is 2. The zero-order chi connectivity index (χ0) is 27.3. The molecule has 3 aromatic carbocycles. The van der Waals surface area contributed by atoms with Crippen molar-refractivity contribution in [3.05, 3.63) is 93.5 Å². The molecule has 0 bridgehead atoms. The summed E-state index contributed by atoms with van der Waals surface area (Å²) in [4.78, 5) is 27.8. The molecule has 0 aliphatic carbocycles. The highest BCUT2D eigenvalue weighted by Crippen LogP contribution is 2.28. The Hall–Kier alpha value is -3.17. The van der Waals surface area contributed by atoms with Crippen LogP contribution in [0.3, 0.4) is 0 Å². The van der Waals surface area contributed by atoms with Gasteiger partial charge in [0.15, 0.2) is 0 Å². The zero-order valence-electron chi connectivity index (χ0n) is 21.7. The number of likely N-dealkylation sites (N-methyl/N-ethyl adjacent to an activating group) is 1. The van der Waals surface area contributed by atoms with Crippen molar-refractivity contribution >= 4 is 43.5 Å². The minimum Gasteiger partial charge on any atom is -0.357 e. The van der Waals surface area contributed by atoms with Gasteiger partial charge >= 0.3 is 0 Å². The van der Waals surface area contributed by atoms with Crippen LogP contribution in [-0.2, 0) is 26.2 Å². The van der Waals surface area contributed by atoms with E-state index in [-0.39, 0.29) is 17.3 Å². The number of hydrogen-bond donors (Lipinski definition) is 1. The van der Waals surface area contributed by atoms with E-state index in [1.54, 1.807) is 37.3 Å². The lowest BCUT2D eigenvalue weighted by atomic mass is 10.1.